The highest BCUT2D eigenvalue weighted by molar-refractivity contribution is 7.99. The highest BCUT2D eigenvalue weighted by Gasteiger charge is 2.13. The zero-order valence-electron chi connectivity index (χ0n) is 14.2. The molecule has 0 atom stereocenters. The average molecular weight is 378 g/mol. The Bertz CT molecular complexity index is 1130. The number of hydrogen-bond donors (Lipinski definition) is 2. The molecule has 4 rings (SSSR count). The van der Waals surface area contributed by atoms with Crippen LogP contribution >= 0.6 is 11.8 Å². The maximum atomic E-state index is 11.5. The fourth-order valence-corrected chi connectivity index (χ4v) is 3.34. The van der Waals surface area contributed by atoms with E-state index in [2.05, 4.69) is 20.2 Å². The maximum Gasteiger partial charge on any atom is 0.215 e. The van der Waals surface area contributed by atoms with Gasteiger partial charge in [-0.25, -0.2) is 9.97 Å². The number of nitrogens with one attached hydrogen (secondary N) is 1. The second-order valence-electron chi connectivity index (χ2n) is 5.67. The number of aromatic nitrogens is 4. The lowest BCUT2D eigenvalue weighted by Gasteiger charge is -2.06. The van der Waals surface area contributed by atoms with Crippen LogP contribution in [-0.2, 0) is 0 Å². The number of aldehydes is 1. The first-order valence-corrected chi connectivity index (χ1v) is 8.81. The van der Waals surface area contributed by atoms with Crippen molar-refractivity contribution in [3.63, 3.8) is 0 Å². The number of nitrogens with zero attached hydrogens (tertiary/aromatic N) is 3. The Balaban J connectivity index is 1.66. The second kappa shape index (κ2) is 7.08. The minimum absolute atomic E-state index is 0.181. The van der Waals surface area contributed by atoms with Gasteiger partial charge in [-0.05, 0) is 60.3 Å². The summed E-state index contributed by atoms with van der Waals surface area (Å²) in [5.41, 5.74) is 2.00. The summed E-state index contributed by atoms with van der Waals surface area (Å²) in [5.74, 6) is 1.45. The predicted octanol–water partition coefficient (Wildman–Crippen LogP) is 3.70. The van der Waals surface area contributed by atoms with Gasteiger partial charge in [-0.3, -0.25) is 9.89 Å². The molecule has 0 saturated heterocycles. The van der Waals surface area contributed by atoms with E-state index in [1.54, 1.807) is 37.4 Å². The monoisotopic (exact) mass is 378 g/mol. The van der Waals surface area contributed by atoms with E-state index in [0.717, 1.165) is 22.8 Å². The molecular formula is C19H14N4O3S. The SMILES string of the molecule is COc1ccc2nc(Sc3n[nH]c(-c4ccc(O)cc4)n3)c(C=O)cc2c1. The van der Waals surface area contributed by atoms with E-state index in [9.17, 15) is 9.90 Å². The van der Waals surface area contributed by atoms with Crippen LogP contribution in [0.1, 0.15) is 10.4 Å². The number of benzene rings is 2. The molecule has 0 spiro atoms. The second-order valence-corrected chi connectivity index (χ2v) is 6.63. The Morgan fingerprint density at radius 2 is 1.93 bits per heavy atom. The van der Waals surface area contributed by atoms with Crippen LogP contribution in [0.25, 0.3) is 22.3 Å². The zero-order chi connectivity index (χ0) is 18.8. The van der Waals surface area contributed by atoms with Gasteiger partial charge in [0, 0.05) is 16.5 Å². The standard InChI is InChI=1S/C19H14N4O3S/c1-26-15-6-7-16-12(9-15)8-13(10-24)18(20-16)27-19-21-17(22-23-19)11-2-4-14(25)5-3-11/h2-10,25H,1H3,(H,21,22,23). The highest BCUT2D eigenvalue weighted by Crippen LogP contribution is 2.30. The van der Waals surface area contributed by atoms with Gasteiger partial charge in [0.15, 0.2) is 12.1 Å². The van der Waals surface area contributed by atoms with Crippen molar-refractivity contribution in [3.05, 3.63) is 54.1 Å². The van der Waals surface area contributed by atoms with Gasteiger partial charge < -0.3 is 9.84 Å². The summed E-state index contributed by atoms with van der Waals surface area (Å²) in [7, 11) is 1.59. The molecule has 0 fully saturated rings. The molecule has 0 saturated carbocycles. The van der Waals surface area contributed by atoms with Gasteiger partial charge in [-0.1, -0.05) is 0 Å². The summed E-state index contributed by atoms with van der Waals surface area (Å²) in [4.78, 5) is 20.5. The normalized spacial score (nSPS) is 10.9. The number of methoxy groups -OCH3 is 1. The molecule has 134 valence electrons. The average Bonchev–Trinajstić information content (AvgIpc) is 3.16. The van der Waals surface area contributed by atoms with Crippen LogP contribution in [0.3, 0.4) is 0 Å². The lowest BCUT2D eigenvalue weighted by molar-refractivity contribution is 0.112. The van der Waals surface area contributed by atoms with Crippen LogP contribution in [0.5, 0.6) is 11.5 Å². The molecule has 0 radical (unpaired) electrons. The molecule has 2 aromatic heterocycles. The van der Waals surface area contributed by atoms with Crippen LogP contribution in [-0.4, -0.2) is 38.7 Å². The Morgan fingerprint density at radius 3 is 2.67 bits per heavy atom. The highest BCUT2D eigenvalue weighted by atomic mass is 32.2. The molecule has 2 N–H and O–H groups in total. The topological polar surface area (TPSA) is 101 Å². The number of phenolic OH excluding ortho intramolecular Hbond substituents is 1. The molecule has 8 heteroatoms. The van der Waals surface area contributed by atoms with E-state index in [4.69, 9.17) is 4.74 Å². The Labute approximate surface area is 158 Å². The van der Waals surface area contributed by atoms with Crippen LogP contribution < -0.4 is 4.74 Å². The van der Waals surface area contributed by atoms with Crippen molar-refractivity contribution in [3.8, 4) is 22.9 Å². The molecule has 2 aromatic carbocycles. The number of fused-ring (bicyclic) bond motifs is 1. The molecule has 0 aliphatic carbocycles. The number of pyridine rings is 1. The summed E-state index contributed by atoms with van der Waals surface area (Å²) in [6.07, 6.45) is 0.766. The third-order valence-corrected chi connectivity index (χ3v) is 4.82. The van der Waals surface area contributed by atoms with E-state index < -0.39 is 0 Å². The van der Waals surface area contributed by atoms with Crippen molar-refractivity contribution in [1.82, 2.24) is 20.2 Å². The molecule has 0 aliphatic rings. The molecule has 4 aromatic rings. The maximum absolute atomic E-state index is 11.5. The number of phenols is 1. The van der Waals surface area contributed by atoms with Crippen molar-refractivity contribution in [2.24, 2.45) is 0 Å². The summed E-state index contributed by atoms with van der Waals surface area (Å²) < 4.78 is 5.21. The summed E-state index contributed by atoms with van der Waals surface area (Å²) >= 11 is 1.21. The number of aromatic hydroxyl groups is 1. The van der Waals surface area contributed by atoms with Crippen LogP contribution in [0.2, 0.25) is 0 Å². The molecule has 0 unspecified atom stereocenters. The zero-order valence-corrected chi connectivity index (χ0v) is 15.0. The van der Waals surface area contributed by atoms with Gasteiger partial charge in [0.1, 0.15) is 16.5 Å². The molecule has 7 nitrogen and oxygen atoms in total. The van der Waals surface area contributed by atoms with Crippen molar-refractivity contribution in [1.29, 1.82) is 0 Å². The molecule has 0 aliphatic heterocycles. The van der Waals surface area contributed by atoms with Gasteiger partial charge >= 0.3 is 0 Å². The molecule has 2 heterocycles. The van der Waals surface area contributed by atoms with Crippen molar-refractivity contribution >= 4 is 29.0 Å². The Hall–Kier alpha value is -3.39. The fourth-order valence-electron chi connectivity index (χ4n) is 2.57. The molecular weight excluding hydrogens is 364 g/mol. The fraction of sp³-hybridized carbons (Fsp3) is 0.0526. The third-order valence-electron chi connectivity index (χ3n) is 3.94. The Morgan fingerprint density at radius 1 is 1.11 bits per heavy atom. The van der Waals surface area contributed by atoms with Crippen LogP contribution in [0.15, 0.2) is 58.7 Å². The number of aromatic amines is 1. The van der Waals surface area contributed by atoms with Crippen molar-refractivity contribution in [2.45, 2.75) is 10.2 Å². The molecule has 27 heavy (non-hydrogen) atoms. The number of carbonyl (C=O) groups excluding carboxylic acids is 1. The summed E-state index contributed by atoms with van der Waals surface area (Å²) in [6, 6.07) is 13.9. The predicted molar refractivity (Wildman–Crippen MR) is 101 cm³/mol. The van der Waals surface area contributed by atoms with Gasteiger partial charge in [-0.2, -0.15) is 0 Å². The minimum Gasteiger partial charge on any atom is -0.508 e. The molecule has 0 amide bonds. The first kappa shape index (κ1) is 17.0. The largest absolute Gasteiger partial charge is 0.508 e. The number of carbonyl (C=O) groups is 1. The van der Waals surface area contributed by atoms with Crippen molar-refractivity contribution in [2.75, 3.05) is 7.11 Å². The first-order chi connectivity index (χ1) is 13.2. The van der Waals surface area contributed by atoms with E-state index in [0.29, 0.717) is 27.3 Å². The summed E-state index contributed by atoms with van der Waals surface area (Å²) in [6.45, 7) is 0. The smallest absolute Gasteiger partial charge is 0.215 e. The van der Waals surface area contributed by atoms with Gasteiger partial charge in [0.05, 0.1) is 12.6 Å². The minimum atomic E-state index is 0.181. The van der Waals surface area contributed by atoms with Crippen LogP contribution in [0.4, 0.5) is 0 Å². The van der Waals surface area contributed by atoms with Crippen molar-refractivity contribution < 1.29 is 14.6 Å². The van der Waals surface area contributed by atoms with E-state index >= 15 is 0 Å². The number of rotatable bonds is 5. The first-order valence-electron chi connectivity index (χ1n) is 8.00. The lowest BCUT2D eigenvalue weighted by Crippen LogP contribution is -1.93. The number of H-pyrrole nitrogens is 1. The number of ether oxygens (including phenoxy) is 1. The van der Waals surface area contributed by atoms with Gasteiger partial charge in [-0.15, -0.1) is 5.10 Å². The van der Waals surface area contributed by atoms with E-state index in [-0.39, 0.29) is 5.75 Å². The lowest BCUT2D eigenvalue weighted by atomic mass is 10.1. The van der Waals surface area contributed by atoms with Crippen LogP contribution in [0, 0.1) is 0 Å². The summed E-state index contributed by atoms with van der Waals surface area (Å²) in [5, 5.41) is 18.2. The van der Waals surface area contributed by atoms with E-state index in [1.165, 1.54) is 11.8 Å². The van der Waals surface area contributed by atoms with Gasteiger partial charge in [0.25, 0.3) is 0 Å². The van der Waals surface area contributed by atoms with Gasteiger partial charge in [0.2, 0.25) is 5.16 Å². The third kappa shape index (κ3) is 3.47. The molecule has 0 bridgehead atoms. The quantitative estimate of drug-likeness (QED) is 0.511. The Kier molecular flexibility index (Phi) is 4.47. The van der Waals surface area contributed by atoms with E-state index in [1.807, 2.05) is 18.2 Å². The number of hydrogen-bond acceptors (Lipinski definition) is 7.